The van der Waals surface area contributed by atoms with Gasteiger partial charge in [-0.15, -0.1) is 0 Å². The highest BCUT2D eigenvalue weighted by Gasteiger charge is 2.52. The number of hydrogen-bond donors (Lipinski definition) is 3. The molecular formula is C19H23N3O2S. The van der Waals surface area contributed by atoms with Crippen LogP contribution in [0.4, 0.5) is 0 Å². The van der Waals surface area contributed by atoms with Crippen LogP contribution in [0.25, 0.3) is 0 Å². The third kappa shape index (κ3) is 2.99. The van der Waals surface area contributed by atoms with Gasteiger partial charge in [-0.2, -0.15) is 5.10 Å². The van der Waals surface area contributed by atoms with Crippen molar-refractivity contribution in [2.45, 2.75) is 25.3 Å². The van der Waals surface area contributed by atoms with Gasteiger partial charge in [-0.3, -0.25) is 5.43 Å². The monoisotopic (exact) mass is 357 g/mol. The fourth-order valence-corrected chi connectivity index (χ4v) is 5.08. The Balaban J connectivity index is 1.32. The molecule has 0 aliphatic heterocycles. The number of hydrazone groups is 1. The summed E-state index contributed by atoms with van der Waals surface area (Å²) in [6.07, 6.45) is 10.1. The molecule has 0 spiro atoms. The fourth-order valence-electron chi connectivity index (χ4n) is 4.88. The van der Waals surface area contributed by atoms with Gasteiger partial charge in [0.15, 0.2) is 16.6 Å². The number of nitrogens with zero attached hydrogens (tertiary/aromatic N) is 1. The lowest BCUT2D eigenvalue weighted by molar-refractivity contribution is 0.246. The first-order valence-corrected chi connectivity index (χ1v) is 9.20. The summed E-state index contributed by atoms with van der Waals surface area (Å²) in [5.41, 5.74) is 3.44. The number of fused-ring (bicyclic) bond motifs is 5. The molecule has 5 nitrogen and oxygen atoms in total. The topological polar surface area (TPSA) is 65.9 Å². The van der Waals surface area contributed by atoms with Gasteiger partial charge in [-0.05, 0) is 67.3 Å². The fraction of sp³-hybridized carbons (Fsp3) is 0.474. The minimum atomic E-state index is 0.0709. The van der Waals surface area contributed by atoms with Crippen molar-refractivity contribution in [3.05, 3.63) is 35.9 Å². The van der Waals surface area contributed by atoms with Crippen LogP contribution in [0, 0.1) is 23.7 Å². The summed E-state index contributed by atoms with van der Waals surface area (Å²) in [6, 6.07) is 5.71. The SMILES string of the molecule is COc1cccc(/C=N/NC(=S)NC2CC3CC2C2C=CCC32)c1O. The molecule has 2 bridgehead atoms. The lowest BCUT2D eigenvalue weighted by Crippen LogP contribution is -2.45. The molecule has 132 valence electrons. The Kier molecular flexibility index (Phi) is 4.37. The van der Waals surface area contributed by atoms with E-state index in [1.807, 2.05) is 0 Å². The molecule has 5 unspecified atom stereocenters. The Morgan fingerprint density at radius 2 is 2.24 bits per heavy atom. The molecule has 6 heteroatoms. The number of ether oxygens (including phenoxy) is 1. The van der Waals surface area contributed by atoms with Gasteiger partial charge >= 0.3 is 0 Å². The standard InChI is InChI=1S/C19H23N3O2S/c1-24-17-7-2-4-11(18(17)23)10-20-22-19(25)21-16-9-12-8-15(16)14-6-3-5-13(12)14/h2-4,6-7,10,12-16,23H,5,8-9H2,1H3,(H2,21,22,25)/b20-10+. The number of nitrogens with one attached hydrogen (secondary N) is 2. The van der Waals surface area contributed by atoms with E-state index in [0.717, 1.165) is 17.8 Å². The Morgan fingerprint density at radius 3 is 3.08 bits per heavy atom. The summed E-state index contributed by atoms with van der Waals surface area (Å²) >= 11 is 5.38. The number of thiocarbonyl (C=S) groups is 1. The molecule has 0 saturated heterocycles. The second-order valence-electron chi connectivity index (χ2n) is 7.15. The maximum Gasteiger partial charge on any atom is 0.187 e. The van der Waals surface area contributed by atoms with Crippen LogP contribution in [0.2, 0.25) is 0 Å². The molecule has 5 atom stereocenters. The minimum absolute atomic E-state index is 0.0709. The summed E-state index contributed by atoms with van der Waals surface area (Å²) in [7, 11) is 1.52. The zero-order chi connectivity index (χ0) is 17.4. The molecular weight excluding hydrogens is 334 g/mol. The minimum Gasteiger partial charge on any atom is -0.504 e. The molecule has 3 aliphatic rings. The van der Waals surface area contributed by atoms with Crippen LogP contribution in [0.1, 0.15) is 24.8 Å². The average Bonchev–Trinajstić information content (AvgIpc) is 3.29. The van der Waals surface area contributed by atoms with Crippen molar-refractivity contribution in [2.75, 3.05) is 7.11 Å². The molecule has 4 rings (SSSR count). The number of methoxy groups -OCH3 is 1. The van der Waals surface area contributed by atoms with Gasteiger partial charge in [0.05, 0.1) is 13.3 Å². The second-order valence-corrected chi connectivity index (χ2v) is 7.56. The van der Waals surface area contributed by atoms with Crippen LogP contribution >= 0.6 is 12.2 Å². The van der Waals surface area contributed by atoms with Crippen molar-refractivity contribution in [2.24, 2.45) is 28.8 Å². The van der Waals surface area contributed by atoms with Gasteiger partial charge in [-0.1, -0.05) is 18.2 Å². The highest BCUT2D eigenvalue weighted by atomic mass is 32.1. The van der Waals surface area contributed by atoms with E-state index in [0.29, 0.717) is 28.4 Å². The number of aromatic hydroxyl groups is 1. The van der Waals surface area contributed by atoms with Crippen LogP contribution in [-0.4, -0.2) is 29.6 Å². The highest BCUT2D eigenvalue weighted by molar-refractivity contribution is 7.80. The van der Waals surface area contributed by atoms with E-state index >= 15 is 0 Å². The third-order valence-corrected chi connectivity index (χ3v) is 6.15. The van der Waals surface area contributed by atoms with E-state index in [9.17, 15) is 5.11 Å². The predicted molar refractivity (Wildman–Crippen MR) is 102 cm³/mol. The quantitative estimate of drug-likeness (QED) is 0.335. The van der Waals surface area contributed by atoms with E-state index in [2.05, 4.69) is 28.0 Å². The van der Waals surface area contributed by atoms with Gasteiger partial charge in [0.1, 0.15) is 0 Å². The molecule has 2 fully saturated rings. The average molecular weight is 357 g/mol. The number of rotatable bonds is 4. The molecule has 0 heterocycles. The first kappa shape index (κ1) is 16.4. The molecule has 2 saturated carbocycles. The number of phenolic OH excluding ortho intramolecular Hbond substituents is 1. The number of phenols is 1. The molecule has 1 aromatic rings. The smallest absolute Gasteiger partial charge is 0.187 e. The maximum atomic E-state index is 10.0. The second kappa shape index (κ2) is 6.67. The van der Waals surface area contributed by atoms with Crippen molar-refractivity contribution in [1.29, 1.82) is 0 Å². The molecule has 0 amide bonds. The lowest BCUT2D eigenvalue weighted by Gasteiger charge is -2.32. The lowest BCUT2D eigenvalue weighted by atomic mass is 9.79. The number of para-hydroxylation sites is 1. The Morgan fingerprint density at radius 1 is 1.36 bits per heavy atom. The van der Waals surface area contributed by atoms with Crippen molar-refractivity contribution in [1.82, 2.24) is 10.7 Å². The number of benzene rings is 1. The number of allylic oxidation sites excluding steroid dienone is 2. The largest absolute Gasteiger partial charge is 0.504 e. The summed E-state index contributed by atoms with van der Waals surface area (Å²) in [4.78, 5) is 0. The highest BCUT2D eigenvalue weighted by Crippen LogP contribution is 2.56. The number of hydrogen-bond acceptors (Lipinski definition) is 4. The van der Waals surface area contributed by atoms with Gasteiger partial charge in [-0.25, -0.2) is 0 Å². The Labute approximate surface area is 153 Å². The zero-order valence-electron chi connectivity index (χ0n) is 14.2. The maximum absolute atomic E-state index is 10.0. The molecule has 3 N–H and O–H groups in total. The van der Waals surface area contributed by atoms with Crippen molar-refractivity contribution in [3.63, 3.8) is 0 Å². The van der Waals surface area contributed by atoms with Crippen molar-refractivity contribution >= 4 is 23.5 Å². The first-order valence-electron chi connectivity index (χ1n) is 8.79. The molecule has 1 aromatic carbocycles. The van der Waals surface area contributed by atoms with E-state index in [4.69, 9.17) is 17.0 Å². The van der Waals surface area contributed by atoms with Crippen LogP contribution in [-0.2, 0) is 0 Å². The van der Waals surface area contributed by atoms with Crippen LogP contribution in [0.3, 0.4) is 0 Å². The van der Waals surface area contributed by atoms with Gasteiger partial charge in [0.25, 0.3) is 0 Å². The molecule has 0 radical (unpaired) electrons. The summed E-state index contributed by atoms with van der Waals surface area (Å²) in [5.74, 6) is 3.63. The third-order valence-electron chi connectivity index (χ3n) is 5.95. The molecule has 3 aliphatic carbocycles. The van der Waals surface area contributed by atoms with E-state index in [1.165, 1.54) is 26.4 Å². The Bertz CT molecular complexity index is 733. The normalized spacial score (nSPS) is 32.1. The van der Waals surface area contributed by atoms with E-state index in [-0.39, 0.29) is 5.75 Å². The van der Waals surface area contributed by atoms with E-state index in [1.54, 1.807) is 24.4 Å². The van der Waals surface area contributed by atoms with Gasteiger partial charge in [0.2, 0.25) is 0 Å². The van der Waals surface area contributed by atoms with Crippen LogP contribution < -0.4 is 15.5 Å². The zero-order valence-corrected chi connectivity index (χ0v) is 15.0. The summed E-state index contributed by atoms with van der Waals surface area (Å²) in [6.45, 7) is 0. The summed E-state index contributed by atoms with van der Waals surface area (Å²) < 4.78 is 5.09. The predicted octanol–water partition coefficient (Wildman–Crippen LogP) is 2.80. The van der Waals surface area contributed by atoms with Crippen molar-refractivity contribution < 1.29 is 9.84 Å². The molecule has 0 aromatic heterocycles. The first-order chi connectivity index (χ1) is 12.2. The van der Waals surface area contributed by atoms with Gasteiger partial charge in [0, 0.05) is 11.6 Å². The Hall–Kier alpha value is -2.08. The van der Waals surface area contributed by atoms with Crippen LogP contribution in [0.15, 0.2) is 35.5 Å². The van der Waals surface area contributed by atoms with Crippen molar-refractivity contribution in [3.8, 4) is 11.5 Å². The molecule has 25 heavy (non-hydrogen) atoms. The van der Waals surface area contributed by atoms with Gasteiger partial charge < -0.3 is 15.2 Å². The van der Waals surface area contributed by atoms with Crippen LogP contribution in [0.5, 0.6) is 11.5 Å². The van der Waals surface area contributed by atoms with E-state index < -0.39 is 0 Å². The summed E-state index contributed by atoms with van der Waals surface area (Å²) in [5, 5.41) is 18.2.